The second-order valence-corrected chi connectivity index (χ2v) is 5.97. The van der Waals surface area contributed by atoms with Crippen LogP contribution in [0.4, 0.5) is 0 Å². The fourth-order valence-electron chi connectivity index (χ4n) is 2.75. The molecule has 0 saturated heterocycles. The number of hydrogen-bond donors (Lipinski definition) is 0. The van der Waals surface area contributed by atoms with Crippen molar-refractivity contribution in [3.8, 4) is 11.3 Å². The molecule has 1 aliphatic rings. The second-order valence-electron chi connectivity index (χ2n) is 5.19. The summed E-state index contributed by atoms with van der Waals surface area (Å²) in [6, 6.07) is 5.60. The monoisotopic (exact) mass is 310 g/mol. The zero-order chi connectivity index (χ0) is 14.9. The molecule has 0 radical (unpaired) electrons. The third-order valence-corrected chi connectivity index (χ3v) is 4.58. The lowest BCUT2D eigenvalue weighted by Crippen LogP contribution is -2.38. The van der Waals surface area contributed by atoms with Gasteiger partial charge in [0, 0.05) is 42.0 Å². The third kappa shape index (κ3) is 2.21. The zero-order valence-electron chi connectivity index (χ0n) is 11.8. The van der Waals surface area contributed by atoms with Crippen molar-refractivity contribution in [3.63, 3.8) is 0 Å². The Labute approximate surface area is 131 Å². The molecule has 1 aliphatic heterocycles. The van der Waals surface area contributed by atoms with Crippen LogP contribution in [-0.4, -0.2) is 31.9 Å². The van der Waals surface area contributed by atoms with Gasteiger partial charge >= 0.3 is 0 Å². The molecule has 0 atom stereocenters. The van der Waals surface area contributed by atoms with E-state index in [-0.39, 0.29) is 5.91 Å². The molecule has 4 rings (SSSR count). The van der Waals surface area contributed by atoms with Crippen LogP contribution >= 0.6 is 11.3 Å². The van der Waals surface area contributed by atoms with Crippen LogP contribution < -0.4 is 0 Å². The van der Waals surface area contributed by atoms with Crippen molar-refractivity contribution in [2.24, 2.45) is 0 Å². The maximum absolute atomic E-state index is 12.5. The lowest BCUT2D eigenvalue weighted by atomic mass is 10.2. The average Bonchev–Trinajstić information content (AvgIpc) is 3.23. The van der Waals surface area contributed by atoms with Crippen LogP contribution in [0.25, 0.3) is 11.3 Å². The van der Waals surface area contributed by atoms with Crippen LogP contribution in [0.2, 0.25) is 0 Å². The second kappa shape index (κ2) is 5.38. The third-order valence-electron chi connectivity index (χ3n) is 3.90. The number of fused-ring (bicyclic) bond motifs is 1. The van der Waals surface area contributed by atoms with Gasteiger partial charge in [-0.3, -0.25) is 9.78 Å². The van der Waals surface area contributed by atoms with E-state index in [1.807, 2.05) is 11.1 Å². The van der Waals surface area contributed by atoms with Crippen molar-refractivity contribution in [1.29, 1.82) is 0 Å². The SMILES string of the molecule is O=C(c1ccncc1)N1CCn2c(-c3ccsc3)cnc2C1. The molecule has 3 aromatic heterocycles. The molecule has 6 heteroatoms. The maximum atomic E-state index is 12.5. The Morgan fingerprint density at radius 2 is 2.05 bits per heavy atom. The maximum Gasteiger partial charge on any atom is 0.254 e. The molecule has 22 heavy (non-hydrogen) atoms. The van der Waals surface area contributed by atoms with Crippen molar-refractivity contribution >= 4 is 17.2 Å². The molecule has 0 N–H and O–H groups in total. The number of thiophene rings is 1. The van der Waals surface area contributed by atoms with E-state index >= 15 is 0 Å². The van der Waals surface area contributed by atoms with E-state index < -0.39 is 0 Å². The van der Waals surface area contributed by atoms with Crippen LogP contribution in [0.1, 0.15) is 16.2 Å². The Kier molecular flexibility index (Phi) is 3.23. The molecule has 0 fully saturated rings. The summed E-state index contributed by atoms with van der Waals surface area (Å²) in [4.78, 5) is 22.8. The Morgan fingerprint density at radius 1 is 1.18 bits per heavy atom. The number of aromatic nitrogens is 3. The van der Waals surface area contributed by atoms with Gasteiger partial charge < -0.3 is 9.47 Å². The first-order valence-corrected chi connectivity index (χ1v) is 8.03. The minimum atomic E-state index is 0.0359. The van der Waals surface area contributed by atoms with Crippen molar-refractivity contribution < 1.29 is 4.79 Å². The zero-order valence-corrected chi connectivity index (χ0v) is 12.7. The number of rotatable bonds is 2. The highest BCUT2D eigenvalue weighted by Gasteiger charge is 2.24. The smallest absolute Gasteiger partial charge is 0.254 e. The predicted octanol–water partition coefficient (Wildman–Crippen LogP) is 2.66. The summed E-state index contributed by atoms with van der Waals surface area (Å²) in [7, 11) is 0. The highest BCUT2D eigenvalue weighted by Crippen LogP contribution is 2.26. The molecule has 3 aromatic rings. The summed E-state index contributed by atoms with van der Waals surface area (Å²) >= 11 is 1.68. The highest BCUT2D eigenvalue weighted by molar-refractivity contribution is 7.08. The van der Waals surface area contributed by atoms with Crippen LogP contribution in [0.15, 0.2) is 47.5 Å². The summed E-state index contributed by atoms with van der Waals surface area (Å²) < 4.78 is 2.21. The van der Waals surface area contributed by atoms with Crippen molar-refractivity contribution in [3.05, 3.63) is 58.9 Å². The molecule has 0 spiro atoms. The Bertz CT molecular complexity index is 795. The molecular weight excluding hydrogens is 296 g/mol. The average molecular weight is 310 g/mol. The number of imidazole rings is 1. The molecular formula is C16H14N4OS. The first kappa shape index (κ1) is 13.2. The predicted molar refractivity (Wildman–Crippen MR) is 84.5 cm³/mol. The summed E-state index contributed by atoms with van der Waals surface area (Å²) in [5.74, 6) is 0.976. The van der Waals surface area contributed by atoms with Gasteiger partial charge in [-0.05, 0) is 23.6 Å². The van der Waals surface area contributed by atoms with Gasteiger partial charge in [-0.1, -0.05) is 0 Å². The van der Waals surface area contributed by atoms with Gasteiger partial charge in [-0.2, -0.15) is 11.3 Å². The van der Waals surface area contributed by atoms with Crippen LogP contribution in [-0.2, 0) is 13.1 Å². The topological polar surface area (TPSA) is 51.0 Å². The number of nitrogens with zero attached hydrogens (tertiary/aromatic N) is 4. The normalized spacial score (nSPS) is 13.9. The Morgan fingerprint density at radius 3 is 2.82 bits per heavy atom. The van der Waals surface area contributed by atoms with Crippen molar-refractivity contribution in [1.82, 2.24) is 19.4 Å². The molecule has 0 unspecified atom stereocenters. The van der Waals surface area contributed by atoms with Crippen molar-refractivity contribution in [2.75, 3.05) is 6.54 Å². The summed E-state index contributed by atoms with van der Waals surface area (Å²) in [5.41, 5.74) is 3.00. The van der Waals surface area contributed by atoms with E-state index in [0.29, 0.717) is 18.7 Å². The molecule has 0 bridgehead atoms. The van der Waals surface area contributed by atoms with Gasteiger partial charge in [0.25, 0.3) is 5.91 Å². The number of carbonyl (C=O) groups excluding carboxylic acids is 1. The number of hydrogen-bond acceptors (Lipinski definition) is 4. The standard InChI is InChI=1S/C16H14N4OS/c21-16(12-1-4-17-5-2-12)19-6-7-20-14(9-18-15(20)10-19)13-3-8-22-11-13/h1-5,8-9,11H,6-7,10H2. The molecule has 110 valence electrons. The minimum Gasteiger partial charge on any atom is -0.329 e. The highest BCUT2D eigenvalue weighted by atomic mass is 32.1. The molecule has 5 nitrogen and oxygen atoms in total. The fourth-order valence-corrected chi connectivity index (χ4v) is 3.40. The van der Waals surface area contributed by atoms with Crippen LogP contribution in [0, 0.1) is 0 Å². The molecule has 4 heterocycles. The van der Waals surface area contributed by atoms with Gasteiger partial charge in [-0.25, -0.2) is 4.98 Å². The number of carbonyl (C=O) groups is 1. The number of amides is 1. The quantitative estimate of drug-likeness (QED) is 0.731. The van der Waals surface area contributed by atoms with Gasteiger partial charge in [0.1, 0.15) is 5.82 Å². The van der Waals surface area contributed by atoms with Gasteiger partial charge in [0.2, 0.25) is 0 Å². The molecule has 1 amide bonds. The first-order valence-electron chi connectivity index (χ1n) is 7.09. The van der Waals surface area contributed by atoms with E-state index in [0.717, 1.165) is 18.1 Å². The lowest BCUT2D eigenvalue weighted by molar-refractivity contribution is 0.0708. The summed E-state index contributed by atoms with van der Waals surface area (Å²) in [6.07, 6.45) is 5.19. The van der Waals surface area contributed by atoms with E-state index in [1.54, 1.807) is 35.9 Å². The summed E-state index contributed by atoms with van der Waals surface area (Å²) in [6.45, 7) is 2.02. The lowest BCUT2D eigenvalue weighted by Gasteiger charge is -2.28. The summed E-state index contributed by atoms with van der Waals surface area (Å²) in [5, 5.41) is 4.19. The van der Waals surface area contributed by atoms with E-state index in [2.05, 4.69) is 31.4 Å². The first-order chi connectivity index (χ1) is 10.8. The Balaban J connectivity index is 1.59. The molecule has 0 aliphatic carbocycles. The van der Waals surface area contributed by atoms with E-state index in [4.69, 9.17) is 0 Å². The van der Waals surface area contributed by atoms with E-state index in [1.165, 1.54) is 5.56 Å². The largest absolute Gasteiger partial charge is 0.329 e. The molecule has 0 saturated carbocycles. The molecule has 0 aromatic carbocycles. The number of pyridine rings is 1. The van der Waals surface area contributed by atoms with Crippen molar-refractivity contribution in [2.45, 2.75) is 13.1 Å². The van der Waals surface area contributed by atoms with Gasteiger partial charge in [-0.15, -0.1) is 0 Å². The Hall–Kier alpha value is -2.47. The van der Waals surface area contributed by atoms with E-state index in [9.17, 15) is 4.79 Å². The van der Waals surface area contributed by atoms with Crippen LogP contribution in [0.5, 0.6) is 0 Å². The minimum absolute atomic E-state index is 0.0359. The fraction of sp³-hybridized carbons (Fsp3) is 0.188. The van der Waals surface area contributed by atoms with Gasteiger partial charge in [0.05, 0.1) is 18.4 Å². The van der Waals surface area contributed by atoms with Crippen LogP contribution in [0.3, 0.4) is 0 Å². The van der Waals surface area contributed by atoms with Gasteiger partial charge in [0.15, 0.2) is 0 Å².